The van der Waals surface area contributed by atoms with Crippen molar-refractivity contribution in [1.29, 1.82) is 0 Å². The van der Waals surface area contributed by atoms with E-state index in [9.17, 15) is 0 Å². The zero-order valence-electron chi connectivity index (χ0n) is 21.5. The van der Waals surface area contributed by atoms with E-state index in [4.69, 9.17) is 9.97 Å². The smallest absolute Gasteiger partial charge is 0.131 e. The molecule has 0 atom stereocenters. The third-order valence-corrected chi connectivity index (χ3v) is 7.70. The van der Waals surface area contributed by atoms with Gasteiger partial charge >= 0.3 is 0 Å². The maximum Gasteiger partial charge on any atom is 0.131 e. The van der Waals surface area contributed by atoms with Gasteiger partial charge in [0.25, 0.3) is 0 Å². The molecular weight excluding hydrogens is 424 g/mol. The second kappa shape index (κ2) is 7.75. The molecule has 4 aromatic carbocycles. The number of fused-ring (bicyclic) bond motifs is 5. The van der Waals surface area contributed by atoms with Crippen molar-refractivity contribution in [3.05, 3.63) is 95.4 Å². The molecule has 0 amide bonds. The molecular formula is C33H32N2. The summed E-state index contributed by atoms with van der Waals surface area (Å²) in [4.78, 5) is 10.5. The van der Waals surface area contributed by atoms with Gasteiger partial charge < -0.3 is 0 Å². The van der Waals surface area contributed by atoms with Crippen molar-refractivity contribution in [2.24, 2.45) is 0 Å². The van der Waals surface area contributed by atoms with Crippen LogP contribution >= 0.6 is 0 Å². The Bertz CT molecular complexity index is 1620. The molecule has 1 aliphatic carbocycles. The molecule has 5 aromatic rings. The second-order valence-corrected chi connectivity index (χ2v) is 11.1. The lowest BCUT2D eigenvalue weighted by Crippen LogP contribution is -2.18. The number of rotatable bonds is 3. The predicted molar refractivity (Wildman–Crippen MR) is 148 cm³/mol. The molecule has 0 N–H and O–H groups in total. The zero-order chi connectivity index (χ0) is 24.5. The van der Waals surface area contributed by atoms with E-state index in [1.165, 1.54) is 49.4 Å². The zero-order valence-corrected chi connectivity index (χ0v) is 21.5. The highest BCUT2D eigenvalue weighted by Gasteiger charge is 2.40. The summed E-state index contributed by atoms with van der Waals surface area (Å²) in [5, 5.41) is 5.11. The minimum atomic E-state index is -0.191. The van der Waals surface area contributed by atoms with Crippen LogP contribution in [0.15, 0.2) is 72.8 Å². The largest absolute Gasteiger partial charge is 0.236 e. The van der Waals surface area contributed by atoms with Crippen LogP contribution in [0.4, 0.5) is 0 Å². The molecule has 0 bridgehead atoms. The SMILES string of the molecule is CC(C)c1nc(-c2ccc(C(C)C)c3ccccc23)c2c(n1)C(C)(C)c1cc3ccccc3cc1-2. The highest BCUT2D eigenvalue weighted by atomic mass is 14.9. The van der Waals surface area contributed by atoms with E-state index in [0.717, 1.165) is 17.2 Å². The second-order valence-electron chi connectivity index (χ2n) is 11.1. The van der Waals surface area contributed by atoms with Crippen LogP contribution in [0.3, 0.4) is 0 Å². The Hall–Kier alpha value is -3.52. The molecule has 35 heavy (non-hydrogen) atoms. The molecule has 0 aliphatic heterocycles. The van der Waals surface area contributed by atoms with Crippen LogP contribution in [0.2, 0.25) is 0 Å². The first kappa shape index (κ1) is 22.0. The van der Waals surface area contributed by atoms with E-state index >= 15 is 0 Å². The molecule has 2 nitrogen and oxygen atoms in total. The Balaban J connectivity index is 1.74. The number of benzene rings is 4. The summed E-state index contributed by atoms with van der Waals surface area (Å²) in [6.07, 6.45) is 0. The quantitative estimate of drug-likeness (QED) is 0.271. The van der Waals surface area contributed by atoms with Crippen molar-refractivity contribution in [1.82, 2.24) is 9.97 Å². The average Bonchev–Trinajstić information content (AvgIpc) is 3.07. The number of hydrogen-bond donors (Lipinski definition) is 0. The fraction of sp³-hybridized carbons (Fsp3) is 0.273. The lowest BCUT2D eigenvalue weighted by molar-refractivity contribution is 0.622. The van der Waals surface area contributed by atoms with Crippen molar-refractivity contribution in [3.63, 3.8) is 0 Å². The van der Waals surface area contributed by atoms with Crippen molar-refractivity contribution in [3.8, 4) is 22.4 Å². The van der Waals surface area contributed by atoms with Gasteiger partial charge in [-0.15, -0.1) is 0 Å². The molecule has 0 spiro atoms. The number of nitrogens with zero attached hydrogens (tertiary/aromatic N) is 2. The lowest BCUT2D eigenvalue weighted by atomic mass is 9.84. The van der Waals surface area contributed by atoms with E-state index in [2.05, 4.69) is 114 Å². The van der Waals surface area contributed by atoms with Crippen LogP contribution in [-0.2, 0) is 5.41 Å². The predicted octanol–water partition coefficient (Wildman–Crippen LogP) is 9.00. The number of hydrogen-bond acceptors (Lipinski definition) is 2. The van der Waals surface area contributed by atoms with Crippen LogP contribution in [-0.4, -0.2) is 9.97 Å². The minimum Gasteiger partial charge on any atom is -0.236 e. The topological polar surface area (TPSA) is 25.8 Å². The van der Waals surface area contributed by atoms with Gasteiger partial charge in [0, 0.05) is 22.5 Å². The molecule has 0 fully saturated rings. The standard InChI is InChI=1S/C33H32N2/c1-19(2)23-15-16-26(25-14-10-9-13-24(23)25)30-29-27-17-21-11-7-8-12-22(21)18-28(27)33(5,6)31(29)35-32(34-30)20(3)4/h7-20H,1-6H3. The lowest BCUT2D eigenvalue weighted by Gasteiger charge is -2.22. The van der Waals surface area contributed by atoms with Crippen LogP contribution in [0, 0.1) is 0 Å². The van der Waals surface area contributed by atoms with Gasteiger partial charge in [-0.2, -0.15) is 0 Å². The minimum absolute atomic E-state index is 0.191. The first-order valence-electron chi connectivity index (χ1n) is 12.8. The molecule has 0 saturated heterocycles. The maximum absolute atomic E-state index is 5.27. The third-order valence-electron chi connectivity index (χ3n) is 7.70. The molecule has 0 saturated carbocycles. The van der Waals surface area contributed by atoms with Gasteiger partial charge in [-0.1, -0.05) is 102 Å². The summed E-state index contributed by atoms with van der Waals surface area (Å²) >= 11 is 0. The van der Waals surface area contributed by atoms with Crippen molar-refractivity contribution in [2.45, 2.75) is 58.8 Å². The fourth-order valence-electron chi connectivity index (χ4n) is 5.76. The summed E-state index contributed by atoms with van der Waals surface area (Å²) in [7, 11) is 0. The van der Waals surface area contributed by atoms with Gasteiger partial charge in [-0.25, -0.2) is 9.97 Å². The van der Waals surface area contributed by atoms with Crippen molar-refractivity contribution < 1.29 is 0 Å². The van der Waals surface area contributed by atoms with Crippen molar-refractivity contribution >= 4 is 21.5 Å². The molecule has 1 heterocycles. The normalized spacial score (nSPS) is 14.2. The third kappa shape index (κ3) is 3.23. The first-order valence-corrected chi connectivity index (χ1v) is 12.8. The average molecular weight is 457 g/mol. The Morgan fingerprint density at radius 1 is 0.657 bits per heavy atom. The van der Waals surface area contributed by atoms with Crippen LogP contribution in [0.1, 0.15) is 76.0 Å². The van der Waals surface area contributed by atoms with Gasteiger partial charge in [0.05, 0.1) is 11.4 Å². The summed E-state index contributed by atoms with van der Waals surface area (Å²) in [5.41, 5.74) is 8.40. The molecule has 2 heteroatoms. The van der Waals surface area contributed by atoms with Gasteiger partial charge in [-0.05, 0) is 56.3 Å². The van der Waals surface area contributed by atoms with E-state index in [1.54, 1.807) is 0 Å². The Labute approximate surface area is 208 Å². The maximum atomic E-state index is 5.27. The number of aromatic nitrogens is 2. The molecule has 174 valence electrons. The summed E-state index contributed by atoms with van der Waals surface area (Å²) in [5.74, 6) is 1.63. The van der Waals surface area contributed by atoms with Gasteiger partial charge in [0.2, 0.25) is 0 Å². The Kier molecular flexibility index (Phi) is 4.86. The monoisotopic (exact) mass is 456 g/mol. The van der Waals surface area contributed by atoms with E-state index in [1.807, 2.05) is 0 Å². The van der Waals surface area contributed by atoms with Gasteiger partial charge in [0.15, 0.2) is 0 Å². The van der Waals surface area contributed by atoms with E-state index < -0.39 is 0 Å². The molecule has 0 radical (unpaired) electrons. The van der Waals surface area contributed by atoms with Crippen LogP contribution < -0.4 is 0 Å². The van der Waals surface area contributed by atoms with Crippen LogP contribution in [0.25, 0.3) is 43.9 Å². The summed E-state index contributed by atoms with van der Waals surface area (Å²) < 4.78 is 0. The van der Waals surface area contributed by atoms with Crippen molar-refractivity contribution in [2.75, 3.05) is 0 Å². The van der Waals surface area contributed by atoms with Crippen LogP contribution in [0.5, 0.6) is 0 Å². The summed E-state index contributed by atoms with van der Waals surface area (Å²) in [6, 6.07) is 26.8. The molecule has 6 rings (SSSR count). The first-order chi connectivity index (χ1) is 16.8. The summed E-state index contributed by atoms with van der Waals surface area (Å²) in [6.45, 7) is 13.5. The molecule has 0 unspecified atom stereocenters. The Morgan fingerprint density at radius 2 is 1.31 bits per heavy atom. The van der Waals surface area contributed by atoms with Gasteiger partial charge in [-0.3, -0.25) is 0 Å². The van der Waals surface area contributed by atoms with E-state index in [0.29, 0.717) is 5.92 Å². The fourth-order valence-corrected chi connectivity index (χ4v) is 5.76. The molecule has 1 aromatic heterocycles. The van der Waals surface area contributed by atoms with Gasteiger partial charge in [0.1, 0.15) is 5.82 Å². The van der Waals surface area contributed by atoms with E-state index in [-0.39, 0.29) is 11.3 Å². The highest BCUT2D eigenvalue weighted by molar-refractivity contribution is 6.04. The highest BCUT2D eigenvalue weighted by Crippen LogP contribution is 2.52. The molecule has 1 aliphatic rings. The Morgan fingerprint density at radius 3 is 2.00 bits per heavy atom.